The summed E-state index contributed by atoms with van der Waals surface area (Å²) in [6, 6.07) is 12.7. The molecule has 0 saturated heterocycles. The van der Waals surface area contributed by atoms with Crippen LogP contribution in [0.25, 0.3) is 0 Å². The largest absolute Gasteiger partial charge is 0.497 e. The Morgan fingerprint density at radius 3 is 2.41 bits per heavy atom. The maximum Gasteiger partial charge on any atom is 0.317 e. The third-order valence-electron chi connectivity index (χ3n) is 2.92. The van der Waals surface area contributed by atoms with Gasteiger partial charge in [-0.25, -0.2) is 5.48 Å². The zero-order chi connectivity index (χ0) is 16.2. The first-order valence-electron chi connectivity index (χ1n) is 6.30. The number of rotatable bonds is 5. The van der Waals surface area contributed by atoms with Crippen LogP contribution in [0.3, 0.4) is 0 Å². The van der Waals surface area contributed by atoms with Gasteiger partial charge in [-0.1, -0.05) is 17.7 Å². The van der Waals surface area contributed by atoms with Crippen LogP contribution in [0.1, 0.15) is 11.1 Å². The number of nitrogens with zero attached hydrogens (tertiary/aromatic N) is 1. The van der Waals surface area contributed by atoms with E-state index in [0.29, 0.717) is 5.75 Å². The van der Waals surface area contributed by atoms with Crippen LogP contribution in [0.4, 0.5) is 5.69 Å². The van der Waals surface area contributed by atoms with Gasteiger partial charge in [0.1, 0.15) is 11.8 Å². The van der Waals surface area contributed by atoms with E-state index in [9.17, 15) is 8.42 Å². The summed E-state index contributed by atoms with van der Waals surface area (Å²) in [4.78, 5) is 0.0204. The van der Waals surface area contributed by atoms with Crippen molar-refractivity contribution in [1.82, 2.24) is 0 Å². The number of hydrogen-bond donors (Lipinski definition) is 1. The summed E-state index contributed by atoms with van der Waals surface area (Å²) in [6.45, 7) is 1.85. The Bertz CT molecular complexity index is 808. The lowest BCUT2D eigenvalue weighted by molar-refractivity contribution is 0.388. The van der Waals surface area contributed by atoms with Crippen molar-refractivity contribution in [3.63, 3.8) is 0 Å². The number of aryl methyl sites for hydroxylation is 1. The normalized spacial score (nSPS) is 10.8. The van der Waals surface area contributed by atoms with Crippen molar-refractivity contribution in [2.24, 2.45) is 0 Å². The fourth-order valence-corrected chi connectivity index (χ4v) is 2.45. The SMILES string of the molecule is COc1ccc(C#N)c(NOS(=O)(=O)c2ccc(C)cc2)c1. The van der Waals surface area contributed by atoms with Crippen LogP contribution in [0.15, 0.2) is 47.4 Å². The monoisotopic (exact) mass is 318 g/mol. The summed E-state index contributed by atoms with van der Waals surface area (Å²) in [6.07, 6.45) is 0. The van der Waals surface area contributed by atoms with E-state index in [1.807, 2.05) is 13.0 Å². The van der Waals surface area contributed by atoms with Gasteiger partial charge in [0, 0.05) is 6.07 Å². The molecule has 0 spiro atoms. The lowest BCUT2D eigenvalue weighted by Gasteiger charge is -2.10. The van der Waals surface area contributed by atoms with Crippen LogP contribution in [-0.4, -0.2) is 15.5 Å². The van der Waals surface area contributed by atoms with Crippen molar-refractivity contribution >= 4 is 15.8 Å². The molecule has 0 aliphatic carbocycles. The average Bonchev–Trinajstić information content (AvgIpc) is 2.53. The highest BCUT2D eigenvalue weighted by atomic mass is 32.2. The summed E-state index contributed by atoms with van der Waals surface area (Å²) in [7, 11) is -2.51. The molecule has 0 saturated carbocycles. The summed E-state index contributed by atoms with van der Waals surface area (Å²) in [5.41, 5.74) is 3.68. The first kappa shape index (κ1) is 15.8. The second kappa shape index (κ2) is 6.47. The van der Waals surface area contributed by atoms with Gasteiger partial charge in [0.05, 0.1) is 23.3 Å². The fraction of sp³-hybridized carbons (Fsp3) is 0.133. The summed E-state index contributed by atoms with van der Waals surface area (Å²) >= 11 is 0. The van der Waals surface area contributed by atoms with Crippen LogP contribution in [-0.2, 0) is 14.4 Å². The third-order valence-corrected chi connectivity index (χ3v) is 4.07. The first-order valence-corrected chi connectivity index (χ1v) is 7.71. The molecule has 0 fully saturated rings. The van der Waals surface area contributed by atoms with Gasteiger partial charge in [-0.3, -0.25) is 0 Å². The molecule has 0 radical (unpaired) electrons. The van der Waals surface area contributed by atoms with Crippen LogP contribution in [0, 0.1) is 18.3 Å². The zero-order valence-electron chi connectivity index (χ0n) is 12.0. The van der Waals surface area contributed by atoms with Crippen LogP contribution in [0.5, 0.6) is 5.75 Å². The predicted molar refractivity (Wildman–Crippen MR) is 80.8 cm³/mol. The summed E-state index contributed by atoms with van der Waals surface area (Å²) in [5, 5.41) is 9.02. The molecule has 1 N–H and O–H groups in total. The van der Waals surface area contributed by atoms with Crippen molar-refractivity contribution in [3.8, 4) is 11.8 Å². The Morgan fingerprint density at radius 1 is 1.14 bits per heavy atom. The molecular weight excluding hydrogens is 304 g/mol. The molecule has 0 aliphatic heterocycles. The number of benzene rings is 2. The highest BCUT2D eigenvalue weighted by Gasteiger charge is 2.16. The molecule has 0 aliphatic rings. The quantitative estimate of drug-likeness (QED) is 0.853. The number of ether oxygens (including phenoxy) is 1. The van der Waals surface area contributed by atoms with E-state index in [2.05, 4.69) is 5.48 Å². The van der Waals surface area contributed by atoms with Crippen molar-refractivity contribution < 1.29 is 17.4 Å². The molecule has 0 heterocycles. The standard InChI is InChI=1S/C15H14N2O4S/c1-11-3-7-14(8-4-11)22(18,19)21-17-15-9-13(20-2)6-5-12(15)10-16/h3-9,17H,1-2H3. The van der Waals surface area contributed by atoms with E-state index < -0.39 is 10.1 Å². The maximum atomic E-state index is 12.1. The molecule has 2 rings (SSSR count). The van der Waals surface area contributed by atoms with Gasteiger partial charge < -0.3 is 4.74 Å². The lowest BCUT2D eigenvalue weighted by atomic mass is 10.2. The maximum absolute atomic E-state index is 12.1. The molecular formula is C15H14N2O4S. The molecule has 0 aromatic heterocycles. The minimum absolute atomic E-state index is 0.0204. The van der Waals surface area contributed by atoms with E-state index in [1.54, 1.807) is 18.2 Å². The molecule has 0 bridgehead atoms. The Kier molecular flexibility index (Phi) is 4.65. The van der Waals surface area contributed by atoms with E-state index in [1.165, 1.54) is 31.4 Å². The van der Waals surface area contributed by atoms with E-state index in [-0.39, 0.29) is 16.1 Å². The Labute approximate surface area is 129 Å². The van der Waals surface area contributed by atoms with Crippen molar-refractivity contribution in [1.29, 1.82) is 5.26 Å². The molecule has 2 aromatic carbocycles. The van der Waals surface area contributed by atoms with Gasteiger partial charge >= 0.3 is 10.1 Å². The molecule has 2 aromatic rings. The summed E-state index contributed by atoms with van der Waals surface area (Å²) in [5.74, 6) is 0.470. The van der Waals surface area contributed by atoms with Gasteiger partial charge in [0.25, 0.3) is 0 Å². The zero-order valence-corrected chi connectivity index (χ0v) is 12.8. The Morgan fingerprint density at radius 2 is 1.82 bits per heavy atom. The van der Waals surface area contributed by atoms with Gasteiger partial charge in [-0.05, 0) is 31.2 Å². The van der Waals surface area contributed by atoms with Gasteiger partial charge in [0.15, 0.2) is 0 Å². The summed E-state index contributed by atoms with van der Waals surface area (Å²) < 4.78 is 34.0. The molecule has 0 atom stereocenters. The first-order chi connectivity index (χ1) is 10.5. The third kappa shape index (κ3) is 3.55. The van der Waals surface area contributed by atoms with Gasteiger partial charge in [0.2, 0.25) is 0 Å². The Balaban J connectivity index is 2.22. The van der Waals surface area contributed by atoms with Crippen LogP contribution < -0.4 is 10.2 Å². The molecule has 22 heavy (non-hydrogen) atoms. The average molecular weight is 318 g/mol. The smallest absolute Gasteiger partial charge is 0.317 e. The topological polar surface area (TPSA) is 88.4 Å². The number of nitriles is 1. The van der Waals surface area contributed by atoms with Gasteiger partial charge in [-0.15, -0.1) is 4.28 Å². The molecule has 114 valence electrons. The number of methoxy groups -OCH3 is 1. The van der Waals surface area contributed by atoms with Crippen LogP contribution in [0.2, 0.25) is 0 Å². The minimum atomic E-state index is -3.98. The van der Waals surface area contributed by atoms with E-state index in [0.717, 1.165) is 5.56 Å². The molecule has 0 unspecified atom stereocenters. The van der Waals surface area contributed by atoms with Crippen LogP contribution >= 0.6 is 0 Å². The molecule has 6 nitrogen and oxygen atoms in total. The number of anilines is 1. The number of hydrogen-bond acceptors (Lipinski definition) is 6. The van der Waals surface area contributed by atoms with E-state index >= 15 is 0 Å². The number of nitrogens with one attached hydrogen (secondary N) is 1. The van der Waals surface area contributed by atoms with E-state index in [4.69, 9.17) is 14.3 Å². The van der Waals surface area contributed by atoms with Crippen molar-refractivity contribution in [3.05, 3.63) is 53.6 Å². The van der Waals surface area contributed by atoms with Crippen molar-refractivity contribution in [2.75, 3.05) is 12.6 Å². The fourth-order valence-electron chi connectivity index (χ4n) is 1.69. The highest BCUT2D eigenvalue weighted by molar-refractivity contribution is 7.86. The second-order valence-electron chi connectivity index (χ2n) is 4.48. The molecule has 7 heteroatoms. The minimum Gasteiger partial charge on any atom is -0.497 e. The molecule has 0 amide bonds. The lowest BCUT2D eigenvalue weighted by Crippen LogP contribution is -2.12. The van der Waals surface area contributed by atoms with Crippen molar-refractivity contribution in [2.45, 2.75) is 11.8 Å². The Hall–Kier alpha value is -2.56. The highest BCUT2D eigenvalue weighted by Crippen LogP contribution is 2.23. The predicted octanol–water partition coefficient (Wildman–Crippen LogP) is 2.61. The second-order valence-corrected chi connectivity index (χ2v) is 6.02. The van der Waals surface area contributed by atoms with Gasteiger partial charge in [-0.2, -0.15) is 13.7 Å².